The van der Waals surface area contributed by atoms with Crippen LogP contribution in [0.2, 0.25) is 0 Å². The van der Waals surface area contributed by atoms with Crippen LogP contribution in [0.3, 0.4) is 0 Å². The first-order valence-corrected chi connectivity index (χ1v) is 6.74. The number of aromatic nitrogens is 2. The number of nitrogens with one attached hydrogen (secondary N) is 1. The van der Waals surface area contributed by atoms with E-state index in [9.17, 15) is 0 Å². The lowest BCUT2D eigenvalue weighted by Crippen LogP contribution is -2.22. The van der Waals surface area contributed by atoms with Crippen molar-refractivity contribution in [1.29, 1.82) is 0 Å². The number of aromatic amines is 1. The van der Waals surface area contributed by atoms with Crippen LogP contribution in [0.15, 0.2) is 48.8 Å². The molecule has 2 heterocycles. The quantitative estimate of drug-likeness (QED) is 0.746. The molecule has 0 saturated carbocycles. The summed E-state index contributed by atoms with van der Waals surface area (Å²) >= 11 is 0. The molecule has 0 spiro atoms. The van der Waals surface area contributed by atoms with E-state index < -0.39 is 0 Å². The normalized spacial score (nSPS) is 11.8. The lowest BCUT2D eigenvalue weighted by molar-refractivity contribution is 0.131. The van der Waals surface area contributed by atoms with Crippen molar-refractivity contribution in [3.63, 3.8) is 0 Å². The zero-order valence-corrected chi connectivity index (χ0v) is 12.0. The number of hydrogen-bond donors (Lipinski definition) is 1. The molecular weight excluding hydrogens is 248 g/mol. The van der Waals surface area contributed by atoms with E-state index in [0.29, 0.717) is 0 Å². The Labute approximate surface area is 118 Å². The molecule has 0 fully saturated rings. The third-order valence-electron chi connectivity index (χ3n) is 3.01. The first kappa shape index (κ1) is 12.7. The zero-order chi connectivity index (χ0) is 14.2. The summed E-state index contributed by atoms with van der Waals surface area (Å²) in [6, 6.07) is 12.3. The largest absolute Gasteiger partial charge is 0.488 e. The van der Waals surface area contributed by atoms with Gasteiger partial charge in [-0.2, -0.15) is 0 Å². The Kier molecular flexibility index (Phi) is 2.97. The zero-order valence-electron chi connectivity index (χ0n) is 12.0. The maximum Gasteiger partial charge on any atom is 0.137 e. The predicted molar refractivity (Wildman–Crippen MR) is 81.9 cm³/mol. The Balaban J connectivity index is 1.90. The van der Waals surface area contributed by atoms with Crippen LogP contribution < -0.4 is 4.74 Å². The Hall–Kier alpha value is -2.29. The van der Waals surface area contributed by atoms with Crippen LogP contribution in [-0.2, 0) is 0 Å². The summed E-state index contributed by atoms with van der Waals surface area (Å²) in [6.45, 7) is 6.14. The molecule has 0 unspecified atom stereocenters. The smallest absolute Gasteiger partial charge is 0.137 e. The van der Waals surface area contributed by atoms with Gasteiger partial charge < -0.3 is 9.72 Å². The third kappa shape index (κ3) is 2.67. The molecule has 3 rings (SSSR count). The molecule has 3 heteroatoms. The molecule has 0 aliphatic carbocycles. The number of hydrogen-bond acceptors (Lipinski definition) is 2. The predicted octanol–water partition coefficient (Wildman–Crippen LogP) is 4.41. The van der Waals surface area contributed by atoms with E-state index in [4.69, 9.17) is 4.74 Å². The van der Waals surface area contributed by atoms with Crippen LogP contribution >= 0.6 is 0 Å². The average Bonchev–Trinajstić information content (AvgIpc) is 2.85. The number of benzene rings is 1. The summed E-state index contributed by atoms with van der Waals surface area (Å²) < 4.78 is 5.83. The highest BCUT2D eigenvalue weighted by Crippen LogP contribution is 2.25. The van der Waals surface area contributed by atoms with Crippen molar-refractivity contribution < 1.29 is 4.74 Å². The summed E-state index contributed by atoms with van der Waals surface area (Å²) in [7, 11) is 0. The molecule has 3 nitrogen and oxygen atoms in total. The van der Waals surface area contributed by atoms with E-state index in [2.05, 4.69) is 28.2 Å². The highest BCUT2D eigenvalue weighted by molar-refractivity contribution is 5.81. The monoisotopic (exact) mass is 266 g/mol. The van der Waals surface area contributed by atoms with Gasteiger partial charge in [-0.3, -0.25) is 0 Å². The molecule has 0 radical (unpaired) electrons. The van der Waals surface area contributed by atoms with Gasteiger partial charge in [0, 0.05) is 23.3 Å². The molecule has 1 N–H and O–H groups in total. The topological polar surface area (TPSA) is 37.9 Å². The molecule has 0 saturated heterocycles. The van der Waals surface area contributed by atoms with Gasteiger partial charge in [0.25, 0.3) is 0 Å². The van der Waals surface area contributed by atoms with Gasteiger partial charge in [0.05, 0.1) is 0 Å². The molecule has 0 aliphatic heterocycles. The summed E-state index contributed by atoms with van der Waals surface area (Å²) in [5, 5.41) is 1.12. The first-order chi connectivity index (χ1) is 9.51. The molecule has 0 amide bonds. The van der Waals surface area contributed by atoms with Crippen LogP contribution in [0, 0.1) is 0 Å². The van der Waals surface area contributed by atoms with Gasteiger partial charge in [-0.15, -0.1) is 0 Å². The lowest BCUT2D eigenvalue weighted by Gasteiger charge is -2.21. The molecule has 3 aromatic rings. The van der Waals surface area contributed by atoms with Crippen molar-refractivity contribution in [2.75, 3.05) is 0 Å². The SMILES string of the molecule is CC(C)(C)Oc1ccc(-c2cnc3[nH]ccc3c2)cc1. The van der Waals surface area contributed by atoms with E-state index in [-0.39, 0.29) is 5.60 Å². The van der Waals surface area contributed by atoms with Crippen LogP contribution in [0.25, 0.3) is 22.2 Å². The summed E-state index contributed by atoms with van der Waals surface area (Å²) in [5.74, 6) is 0.886. The minimum absolute atomic E-state index is 0.174. The number of ether oxygens (including phenoxy) is 1. The van der Waals surface area contributed by atoms with Gasteiger partial charge in [-0.25, -0.2) is 4.98 Å². The lowest BCUT2D eigenvalue weighted by atomic mass is 10.1. The van der Waals surface area contributed by atoms with E-state index in [1.807, 2.05) is 51.4 Å². The summed E-state index contributed by atoms with van der Waals surface area (Å²) in [4.78, 5) is 7.51. The Morgan fingerprint density at radius 3 is 2.45 bits per heavy atom. The number of pyridine rings is 1. The van der Waals surface area contributed by atoms with Gasteiger partial charge in [-0.05, 0) is 50.6 Å². The van der Waals surface area contributed by atoms with Crippen LogP contribution in [0.4, 0.5) is 0 Å². The minimum atomic E-state index is -0.174. The van der Waals surface area contributed by atoms with E-state index in [1.165, 1.54) is 0 Å². The molecule has 2 aromatic heterocycles. The van der Waals surface area contributed by atoms with Crippen LogP contribution in [0.1, 0.15) is 20.8 Å². The Morgan fingerprint density at radius 1 is 1.00 bits per heavy atom. The third-order valence-corrected chi connectivity index (χ3v) is 3.01. The van der Waals surface area contributed by atoms with Gasteiger partial charge in [0.2, 0.25) is 0 Å². The molecular formula is C17H18N2O. The van der Waals surface area contributed by atoms with Gasteiger partial charge in [0.15, 0.2) is 0 Å². The fraction of sp³-hybridized carbons (Fsp3) is 0.235. The van der Waals surface area contributed by atoms with Crippen molar-refractivity contribution in [3.8, 4) is 16.9 Å². The van der Waals surface area contributed by atoms with Crippen molar-refractivity contribution in [2.24, 2.45) is 0 Å². The van der Waals surface area contributed by atoms with Crippen molar-refractivity contribution in [1.82, 2.24) is 9.97 Å². The minimum Gasteiger partial charge on any atom is -0.488 e. The molecule has 20 heavy (non-hydrogen) atoms. The molecule has 0 atom stereocenters. The van der Waals surface area contributed by atoms with Gasteiger partial charge in [0.1, 0.15) is 17.0 Å². The van der Waals surface area contributed by atoms with Gasteiger partial charge in [-0.1, -0.05) is 12.1 Å². The number of nitrogens with zero attached hydrogens (tertiary/aromatic N) is 1. The maximum absolute atomic E-state index is 5.83. The molecule has 0 aliphatic rings. The van der Waals surface area contributed by atoms with Crippen molar-refractivity contribution in [2.45, 2.75) is 26.4 Å². The van der Waals surface area contributed by atoms with Crippen molar-refractivity contribution >= 4 is 11.0 Å². The fourth-order valence-corrected chi connectivity index (χ4v) is 2.17. The summed E-state index contributed by atoms with van der Waals surface area (Å²) in [5.41, 5.74) is 3.00. The average molecular weight is 266 g/mol. The number of fused-ring (bicyclic) bond motifs is 1. The van der Waals surface area contributed by atoms with Crippen LogP contribution in [0.5, 0.6) is 5.75 Å². The Bertz CT molecular complexity index is 721. The molecule has 0 bridgehead atoms. The Morgan fingerprint density at radius 2 is 1.75 bits per heavy atom. The fourth-order valence-electron chi connectivity index (χ4n) is 2.17. The van der Waals surface area contributed by atoms with E-state index in [0.717, 1.165) is 27.9 Å². The van der Waals surface area contributed by atoms with E-state index in [1.54, 1.807) is 0 Å². The number of H-pyrrole nitrogens is 1. The highest BCUT2D eigenvalue weighted by atomic mass is 16.5. The second-order valence-corrected chi connectivity index (χ2v) is 5.88. The van der Waals surface area contributed by atoms with Crippen molar-refractivity contribution in [3.05, 3.63) is 48.8 Å². The maximum atomic E-state index is 5.83. The highest BCUT2D eigenvalue weighted by Gasteiger charge is 2.11. The summed E-state index contributed by atoms with van der Waals surface area (Å²) in [6.07, 6.45) is 3.79. The molecule has 1 aromatic carbocycles. The second kappa shape index (κ2) is 4.67. The van der Waals surface area contributed by atoms with Crippen LogP contribution in [-0.4, -0.2) is 15.6 Å². The van der Waals surface area contributed by atoms with Gasteiger partial charge >= 0.3 is 0 Å². The second-order valence-electron chi connectivity index (χ2n) is 5.88. The first-order valence-electron chi connectivity index (χ1n) is 6.74. The molecule has 102 valence electrons. The standard InChI is InChI=1S/C17H18N2O/c1-17(2,3)20-15-6-4-12(5-7-15)14-10-13-8-9-18-16(13)19-11-14/h4-11H,1-3H3,(H,18,19). The van der Waals surface area contributed by atoms with E-state index >= 15 is 0 Å². The number of rotatable bonds is 2.